The third-order valence-corrected chi connectivity index (χ3v) is 3.77. The molecule has 1 aliphatic rings. The van der Waals surface area contributed by atoms with Crippen LogP contribution in [0.4, 0.5) is 5.82 Å². The van der Waals surface area contributed by atoms with Gasteiger partial charge < -0.3 is 10.2 Å². The molecule has 0 radical (unpaired) electrons. The Hall–Kier alpha value is -1.69. The van der Waals surface area contributed by atoms with E-state index in [2.05, 4.69) is 32.2 Å². The molecule has 2 aromatic rings. The van der Waals surface area contributed by atoms with Gasteiger partial charge >= 0.3 is 0 Å². The molecule has 0 aliphatic carbocycles. The third kappa shape index (κ3) is 2.53. The monoisotopic (exact) mass is 260 g/mol. The molecule has 3 rings (SSSR count). The Labute approximate surface area is 112 Å². The normalized spacial score (nSPS) is 20.2. The van der Waals surface area contributed by atoms with Gasteiger partial charge in [0.1, 0.15) is 12.1 Å². The zero-order chi connectivity index (χ0) is 13.2. The molecular weight excluding hydrogens is 240 g/mol. The van der Waals surface area contributed by atoms with Crippen LogP contribution in [0.2, 0.25) is 0 Å². The summed E-state index contributed by atoms with van der Waals surface area (Å²) in [4.78, 5) is 11.0. The highest BCUT2D eigenvalue weighted by molar-refractivity contribution is 5.44. The lowest BCUT2D eigenvalue weighted by Crippen LogP contribution is -2.23. The van der Waals surface area contributed by atoms with Gasteiger partial charge in [-0.3, -0.25) is 0 Å². The number of anilines is 1. The lowest BCUT2D eigenvalue weighted by molar-refractivity contribution is 0.345. The van der Waals surface area contributed by atoms with Crippen LogP contribution in [-0.2, 0) is 0 Å². The largest absolute Gasteiger partial charge is 0.370 e. The van der Waals surface area contributed by atoms with E-state index >= 15 is 0 Å². The van der Waals surface area contributed by atoms with Crippen molar-refractivity contribution in [3.05, 3.63) is 18.1 Å². The smallest absolute Gasteiger partial charge is 0.254 e. The van der Waals surface area contributed by atoms with Crippen LogP contribution < -0.4 is 5.32 Å². The number of hydrogen-bond acceptors (Lipinski definition) is 5. The highest BCUT2D eigenvalue weighted by Crippen LogP contribution is 2.17. The standard InChI is InChI=1S/C13H20N6/c1-3-18-5-4-11(8-18)7-14-12-6-10(2)17-13-15-9-16-19(12)13/h6,9,11,14H,3-5,7-8H2,1-2H3. The molecule has 1 N–H and O–H groups in total. The summed E-state index contributed by atoms with van der Waals surface area (Å²) in [6.45, 7) is 8.74. The van der Waals surface area contributed by atoms with Gasteiger partial charge in [0.2, 0.25) is 0 Å². The van der Waals surface area contributed by atoms with Gasteiger partial charge in [-0.25, -0.2) is 4.98 Å². The maximum Gasteiger partial charge on any atom is 0.254 e. The van der Waals surface area contributed by atoms with Gasteiger partial charge in [-0.15, -0.1) is 0 Å². The summed E-state index contributed by atoms with van der Waals surface area (Å²) in [5.41, 5.74) is 0.963. The first kappa shape index (κ1) is 12.3. The van der Waals surface area contributed by atoms with Crippen molar-refractivity contribution in [1.29, 1.82) is 0 Å². The van der Waals surface area contributed by atoms with E-state index in [1.165, 1.54) is 19.5 Å². The number of aryl methyl sites for hydroxylation is 1. The highest BCUT2D eigenvalue weighted by atomic mass is 15.4. The van der Waals surface area contributed by atoms with Gasteiger partial charge in [0.15, 0.2) is 0 Å². The summed E-state index contributed by atoms with van der Waals surface area (Å²) in [6.07, 6.45) is 2.81. The molecule has 6 heteroatoms. The average molecular weight is 260 g/mol. The number of likely N-dealkylation sites (tertiary alicyclic amines) is 1. The van der Waals surface area contributed by atoms with Crippen molar-refractivity contribution in [2.24, 2.45) is 5.92 Å². The quantitative estimate of drug-likeness (QED) is 0.894. The molecule has 1 unspecified atom stereocenters. The van der Waals surface area contributed by atoms with Crippen LogP contribution in [0.15, 0.2) is 12.4 Å². The summed E-state index contributed by atoms with van der Waals surface area (Å²) in [7, 11) is 0. The van der Waals surface area contributed by atoms with E-state index in [1.54, 1.807) is 10.8 Å². The molecule has 3 heterocycles. The molecule has 2 aromatic heterocycles. The van der Waals surface area contributed by atoms with Crippen molar-refractivity contribution >= 4 is 11.6 Å². The molecule has 0 saturated carbocycles. The molecule has 19 heavy (non-hydrogen) atoms. The summed E-state index contributed by atoms with van der Waals surface area (Å²) in [5.74, 6) is 2.35. The van der Waals surface area contributed by atoms with Crippen molar-refractivity contribution < 1.29 is 0 Å². The van der Waals surface area contributed by atoms with Crippen LogP contribution in [0, 0.1) is 12.8 Å². The summed E-state index contributed by atoms with van der Waals surface area (Å²) in [6, 6.07) is 2.02. The maximum absolute atomic E-state index is 4.34. The minimum absolute atomic E-state index is 0.657. The fourth-order valence-electron chi connectivity index (χ4n) is 2.67. The molecule has 0 bridgehead atoms. The zero-order valence-electron chi connectivity index (χ0n) is 11.5. The Morgan fingerprint density at radius 1 is 1.47 bits per heavy atom. The number of nitrogens with zero attached hydrogens (tertiary/aromatic N) is 5. The molecule has 6 nitrogen and oxygen atoms in total. The van der Waals surface area contributed by atoms with Crippen LogP contribution in [-0.4, -0.2) is 50.7 Å². The lowest BCUT2D eigenvalue weighted by atomic mass is 10.1. The van der Waals surface area contributed by atoms with Crippen LogP contribution in [0.5, 0.6) is 0 Å². The Kier molecular flexibility index (Phi) is 3.33. The molecule has 1 atom stereocenters. The molecule has 1 aliphatic heterocycles. The summed E-state index contributed by atoms with van der Waals surface area (Å²) < 4.78 is 1.76. The van der Waals surface area contributed by atoms with E-state index in [4.69, 9.17) is 0 Å². The maximum atomic E-state index is 4.34. The van der Waals surface area contributed by atoms with Crippen molar-refractivity contribution in [2.45, 2.75) is 20.3 Å². The van der Waals surface area contributed by atoms with Gasteiger partial charge in [0, 0.05) is 24.8 Å². The molecular formula is C13H20N6. The number of aromatic nitrogens is 4. The van der Waals surface area contributed by atoms with E-state index in [9.17, 15) is 0 Å². The number of rotatable bonds is 4. The van der Waals surface area contributed by atoms with E-state index in [0.29, 0.717) is 11.7 Å². The van der Waals surface area contributed by atoms with Gasteiger partial charge in [-0.1, -0.05) is 6.92 Å². The summed E-state index contributed by atoms with van der Waals surface area (Å²) >= 11 is 0. The molecule has 0 spiro atoms. The van der Waals surface area contributed by atoms with Gasteiger partial charge in [0.25, 0.3) is 5.78 Å². The minimum Gasteiger partial charge on any atom is -0.370 e. The van der Waals surface area contributed by atoms with E-state index in [0.717, 1.165) is 24.6 Å². The van der Waals surface area contributed by atoms with Gasteiger partial charge in [0.05, 0.1) is 0 Å². The second kappa shape index (κ2) is 5.13. The molecule has 1 fully saturated rings. The van der Waals surface area contributed by atoms with Crippen molar-refractivity contribution in [3.8, 4) is 0 Å². The minimum atomic E-state index is 0.657. The topological polar surface area (TPSA) is 58.3 Å². The number of fused-ring (bicyclic) bond motifs is 1. The third-order valence-electron chi connectivity index (χ3n) is 3.77. The Bertz CT molecular complexity index is 563. The van der Waals surface area contributed by atoms with Crippen molar-refractivity contribution in [2.75, 3.05) is 31.5 Å². The number of hydrogen-bond donors (Lipinski definition) is 1. The van der Waals surface area contributed by atoms with Crippen LogP contribution in [0.3, 0.4) is 0 Å². The Balaban J connectivity index is 1.70. The Morgan fingerprint density at radius 2 is 2.37 bits per heavy atom. The molecule has 0 amide bonds. The predicted molar refractivity (Wildman–Crippen MR) is 74.2 cm³/mol. The first-order chi connectivity index (χ1) is 9.26. The second-order valence-electron chi connectivity index (χ2n) is 5.18. The van der Waals surface area contributed by atoms with Gasteiger partial charge in [-0.05, 0) is 32.4 Å². The highest BCUT2D eigenvalue weighted by Gasteiger charge is 2.21. The van der Waals surface area contributed by atoms with E-state index in [-0.39, 0.29) is 0 Å². The SMILES string of the molecule is CCN1CCC(CNc2cc(C)nc3ncnn23)C1. The van der Waals surface area contributed by atoms with Crippen molar-refractivity contribution in [1.82, 2.24) is 24.5 Å². The first-order valence-electron chi connectivity index (χ1n) is 6.90. The first-order valence-corrected chi connectivity index (χ1v) is 6.90. The molecule has 1 saturated heterocycles. The fourth-order valence-corrected chi connectivity index (χ4v) is 2.67. The van der Waals surface area contributed by atoms with Crippen LogP contribution in [0.1, 0.15) is 19.0 Å². The number of nitrogens with one attached hydrogen (secondary N) is 1. The Morgan fingerprint density at radius 3 is 3.16 bits per heavy atom. The summed E-state index contributed by atoms with van der Waals surface area (Å²) in [5, 5.41) is 7.70. The second-order valence-corrected chi connectivity index (χ2v) is 5.18. The van der Waals surface area contributed by atoms with Crippen LogP contribution >= 0.6 is 0 Å². The fraction of sp³-hybridized carbons (Fsp3) is 0.615. The molecule has 0 aromatic carbocycles. The van der Waals surface area contributed by atoms with Crippen LogP contribution in [0.25, 0.3) is 5.78 Å². The average Bonchev–Trinajstić information content (AvgIpc) is 3.03. The molecule has 102 valence electrons. The van der Waals surface area contributed by atoms with E-state index in [1.807, 2.05) is 13.0 Å². The van der Waals surface area contributed by atoms with E-state index < -0.39 is 0 Å². The predicted octanol–water partition coefficient (Wildman–Crippen LogP) is 1.19. The van der Waals surface area contributed by atoms with Gasteiger partial charge in [-0.2, -0.15) is 14.6 Å². The van der Waals surface area contributed by atoms with Crippen molar-refractivity contribution in [3.63, 3.8) is 0 Å². The lowest BCUT2D eigenvalue weighted by Gasteiger charge is -2.15. The zero-order valence-corrected chi connectivity index (χ0v) is 11.5.